The first kappa shape index (κ1) is 14.2. The van der Waals surface area contributed by atoms with Crippen molar-refractivity contribution < 1.29 is 14.6 Å². The maximum Gasteiger partial charge on any atom is 0.129 e. The van der Waals surface area contributed by atoms with Gasteiger partial charge in [0.1, 0.15) is 18.1 Å². The Kier molecular flexibility index (Phi) is 5.62. The van der Waals surface area contributed by atoms with E-state index in [4.69, 9.17) is 32.7 Å². The maximum absolute atomic E-state index is 9.60. The molecule has 0 saturated carbocycles. The number of hydrogen-bond acceptors (Lipinski definition) is 3. The third kappa shape index (κ3) is 4.11. The summed E-state index contributed by atoms with van der Waals surface area (Å²) in [6, 6.07) is 5.20. The fraction of sp³-hybridized carbons (Fsp3) is 0.333. The lowest BCUT2D eigenvalue weighted by Crippen LogP contribution is -2.02. The predicted octanol–water partition coefficient (Wildman–Crippen LogP) is 3.45. The Bertz CT molecular complexity index is 403. The molecule has 0 aliphatic heterocycles. The minimum Gasteiger partial charge on any atom is -0.497 e. The van der Waals surface area contributed by atoms with Gasteiger partial charge < -0.3 is 14.6 Å². The van der Waals surface area contributed by atoms with Crippen LogP contribution in [-0.2, 0) is 0 Å². The molecule has 0 radical (unpaired) electrons. The molecule has 0 aliphatic carbocycles. The van der Waals surface area contributed by atoms with Crippen molar-refractivity contribution >= 4 is 23.2 Å². The van der Waals surface area contributed by atoms with Crippen LogP contribution in [0.15, 0.2) is 28.8 Å². The molecule has 1 rings (SSSR count). The number of rotatable bonds is 5. The summed E-state index contributed by atoms with van der Waals surface area (Å²) in [5.74, 6) is 1.17. The molecule has 0 heterocycles. The highest BCUT2D eigenvalue weighted by molar-refractivity contribution is 6.36. The normalized spacial score (nSPS) is 13.4. The molecule has 0 bridgehead atoms. The van der Waals surface area contributed by atoms with Crippen LogP contribution in [0.5, 0.6) is 11.5 Å². The Hall–Kier alpha value is -0.900. The van der Waals surface area contributed by atoms with Crippen molar-refractivity contribution in [2.24, 2.45) is 0 Å². The standard InChI is InChI=1S/C12H14Cl2O3/c1-8(15)11-4-3-10(16-2)5-12(11)17-7-9(14)6-13/h3-6,8,15H,7H2,1-2H3/b9-6-/t8-/m1/s1. The van der Waals surface area contributed by atoms with Crippen LogP contribution in [-0.4, -0.2) is 18.8 Å². The van der Waals surface area contributed by atoms with Gasteiger partial charge in [-0.05, 0) is 19.1 Å². The van der Waals surface area contributed by atoms with E-state index in [0.29, 0.717) is 22.1 Å². The number of aliphatic hydroxyl groups excluding tert-OH is 1. The van der Waals surface area contributed by atoms with E-state index in [1.54, 1.807) is 32.2 Å². The van der Waals surface area contributed by atoms with Crippen LogP contribution in [0, 0.1) is 0 Å². The van der Waals surface area contributed by atoms with Crippen molar-refractivity contribution in [3.05, 3.63) is 34.3 Å². The number of halogens is 2. The number of benzene rings is 1. The number of aliphatic hydroxyl groups is 1. The molecule has 0 spiro atoms. The van der Waals surface area contributed by atoms with Crippen LogP contribution in [0.1, 0.15) is 18.6 Å². The van der Waals surface area contributed by atoms with Gasteiger partial charge in [0.05, 0.1) is 18.2 Å². The lowest BCUT2D eigenvalue weighted by molar-refractivity contribution is 0.192. The molecule has 94 valence electrons. The SMILES string of the molecule is COc1ccc([C@@H](C)O)c(OC/C(Cl)=C/Cl)c1. The van der Waals surface area contributed by atoms with E-state index in [1.165, 1.54) is 5.54 Å². The second-order valence-corrected chi connectivity index (χ2v) is 4.13. The van der Waals surface area contributed by atoms with E-state index in [-0.39, 0.29) is 6.61 Å². The molecular weight excluding hydrogens is 263 g/mol. The number of methoxy groups -OCH3 is 1. The third-order valence-electron chi connectivity index (χ3n) is 2.15. The minimum absolute atomic E-state index is 0.151. The summed E-state index contributed by atoms with van der Waals surface area (Å²) >= 11 is 11.2. The van der Waals surface area contributed by atoms with Crippen LogP contribution >= 0.6 is 23.2 Å². The first-order valence-corrected chi connectivity index (χ1v) is 5.83. The van der Waals surface area contributed by atoms with E-state index >= 15 is 0 Å². The summed E-state index contributed by atoms with van der Waals surface area (Å²) in [6.07, 6.45) is -0.630. The summed E-state index contributed by atoms with van der Waals surface area (Å²) in [5, 5.41) is 9.98. The second-order valence-electron chi connectivity index (χ2n) is 3.42. The summed E-state index contributed by atoms with van der Waals surface area (Å²) in [7, 11) is 1.56. The van der Waals surface area contributed by atoms with E-state index in [0.717, 1.165) is 0 Å². The van der Waals surface area contributed by atoms with Gasteiger partial charge in [0.15, 0.2) is 0 Å². The summed E-state index contributed by atoms with van der Waals surface area (Å²) in [6.45, 7) is 1.81. The Morgan fingerprint density at radius 1 is 1.53 bits per heavy atom. The minimum atomic E-state index is -0.630. The van der Waals surface area contributed by atoms with Gasteiger partial charge >= 0.3 is 0 Å². The largest absolute Gasteiger partial charge is 0.497 e. The Labute approximate surface area is 111 Å². The van der Waals surface area contributed by atoms with Gasteiger partial charge in [-0.3, -0.25) is 0 Å². The molecule has 1 atom stereocenters. The lowest BCUT2D eigenvalue weighted by Gasteiger charge is -2.14. The van der Waals surface area contributed by atoms with Crippen molar-refractivity contribution in [1.82, 2.24) is 0 Å². The van der Waals surface area contributed by atoms with Gasteiger partial charge in [-0.2, -0.15) is 0 Å². The molecule has 1 aromatic rings. The average molecular weight is 277 g/mol. The summed E-state index contributed by atoms with van der Waals surface area (Å²) in [4.78, 5) is 0. The van der Waals surface area contributed by atoms with Crippen molar-refractivity contribution in [2.75, 3.05) is 13.7 Å². The number of ether oxygens (including phenoxy) is 2. The zero-order chi connectivity index (χ0) is 12.8. The zero-order valence-electron chi connectivity index (χ0n) is 9.61. The molecule has 0 amide bonds. The highest BCUT2D eigenvalue weighted by atomic mass is 35.5. The van der Waals surface area contributed by atoms with E-state index < -0.39 is 6.10 Å². The highest BCUT2D eigenvalue weighted by Crippen LogP contribution is 2.30. The summed E-state index contributed by atoms with van der Waals surface area (Å²) in [5.41, 5.74) is 1.91. The smallest absolute Gasteiger partial charge is 0.129 e. The molecule has 0 aliphatic rings. The number of hydrogen-bond donors (Lipinski definition) is 1. The lowest BCUT2D eigenvalue weighted by atomic mass is 10.1. The van der Waals surface area contributed by atoms with Gasteiger partial charge in [0.2, 0.25) is 0 Å². The van der Waals surface area contributed by atoms with Gasteiger partial charge in [0.25, 0.3) is 0 Å². The Morgan fingerprint density at radius 2 is 2.24 bits per heavy atom. The first-order valence-electron chi connectivity index (χ1n) is 5.02. The fourth-order valence-electron chi connectivity index (χ4n) is 1.29. The van der Waals surface area contributed by atoms with Crippen molar-refractivity contribution in [1.29, 1.82) is 0 Å². The van der Waals surface area contributed by atoms with Gasteiger partial charge in [-0.25, -0.2) is 0 Å². The van der Waals surface area contributed by atoms with Crippen molar-refractivity contribution in [2.45, 2.75) is 13.0 Å². The topological polar surface area (TPSA) is 38.7 Å². The second kappa shape index (κ2) is 6.74. The zero-order valence-corrected chi connectivity index (χ0v) is 11.1. The maximum atomic E-state index is 9.60. The van der Waals surface area contributed by atoms with E-state index in [9.17, 15) is 5.11 Å². The van der Waals surface area contributed by atoms with Crippen molar-refractivity contribution in [3.63, 3.8) is 0 Å². The van der Waals surface area contributed by atoms with Crippen LogP contribution in [0.25, 0.3) is 0 Å². The van der Waals surface area contributed by atoms with Crippen LogP contribution in [0.4, 0.5) is 0 Å². The summed E-state index contributed by atoms with van der Waals surface area (Å²) < 4.78 is 10.6. The molecule has 0 saturated heterocycles. The van der Waals surface area contributed by atoms with E-state index in [1.807, 2.05) is 0 Å². The molecule has 0 aromatic heterocycles. The molecule has 3 nitrogen and oxygen atoms in total. The molecule has 1 N–H and O–H groups in total. The first-order chi connectivity index (χ1) is 8.08. The van der Waals surface area contributed by atoms with Crippen LogP contribution in [0.3, 0.4) is 0 Å². The third-order valence-corrected chi connectivity index (χ3v) is 2.75. The van der Waals surface area contributed by atoms with Crippen molar-refractivity contribution in [3.8, 4) is 11.5 Å². The van der Waals surface area contributed by atoms with Gasteiger partial charge in [0, 0.05) is 17.2 Å². The Morgan fingerprint density at radius 3 is 2.76 bits per heavy atom. The molecule has 0 fully saturated rings. The molecule has 0 unspecified atom stereocenters. The molecular formula is C12H14Cl2O3. The fourth-order valence-corrected chi connectivity index (χ4v) is 1.41. The van der Waals surface area contributed by atoms with Crippen LogP contribution < -0.4 is 9.47 Å². The molecule has 5 heteroatoms. The quantitative estimate of drug-likeness (QED) is 0.895. The monoisotopic (exact) mass is 276 g/mol. The molecule has 17 heavy (non-hydrogen) atoms. The van der Waals surface area contributed by atoms with Gasteiger partial charge in [-0.1, -0.05) is 23.2 Å². The highest BCUT2D eigenvalue weighted by Gasteiger charge is 2.11. The predicted molar refractivity (Wildman–Crippen MR) is 68.9 cm³/mol. The van der Waals surface area contributed by atoms with E-state index in [2.05, 4.69) is 0 Å². The van der Waals surface area contributed by atoms with Gasteiger partial charge in [-0.15, -0.1) is 0 Å². The average Bonchev–Trinajstić information content (AvgIpc) is 2.35. The Balaban J connectivity index is 2.93. The molecule has 1 aromatic carbocycles. The van der Waals surface area contributed by atoms with Crippen LogP contribution in [0.2, 0.25) is 0 Å².